The predicted octanol–water partition coefficient (Wildman–Crippen LogP) is 3.06. The van der Waals surface area contributed by atoms with Gasteiger partial charge in [0.05, 0.1) is 24.9 Å². The summed E-state index contributed by atoms with van der Waals surface area (Å²) in [6.07, 6.45) is 2.44. The minimum atomic E-state index is -0.624. The van der Waals surface area contributed by atoms with E-state index in [1.165, 1.54) is 17.2 Å². The van der Waals surface area contributed by atoms with Crippen molar-refractivity contribution in [2.75, 3.05) is 14.2 Å². The lowest BCUT2D eigenvalue weighted by atomic mass is 10.1. The van der Waals surface area contributed by atoms with Crippen molar-refractivity contribution in [3.8, 4) is 5.75 Å². The maximum absolute atomic E-state index is 13.7. The van der Waals surface area contributed by atoms with Gasteiger partial charge in [0, 0.05) is 18.8 Å². The number of rotatable bonds is 4. The lowest BCUT2D eigenvalue weighted by Gasteiger charge is -2.26. The van der Waals surface area contributed by atoms with Crippen molar-refractivity contribution in [1.29, 1.82) is 0 Å². The van der Waals surface area contributed by atoms with Gasteiger partial charge in [-0.1, -0.05) is 18.2 Å². The summed E-state index contributed by atoms with van der Waals surface area (Å²) in [5.41, 5.74) is 0.875. The van der Waals surface area contributed by atoms with Crippen molar-refractivity contribution in [2.24, 2.45) is 0 Å². The van der Waals surface area contributed by atoms with Gasteiger partial charge in [-0.05, 0) is 19.1 Å². The lowest BCUT2D eigenvalue weighted by molar-refractivity contribution is 0.0736. The summed E-state index contributed by atoms with van der Waals surface area (Å²) >= 11 is 0. The van der Waals surface area contributed by atoms with Gasteiger partial charge in [0.1, 0.15) is 5.75 Å². The Kier molecular flexibility index (Phi) is 4.52. The van der Waals surface area contributed by atoms with Crippen LogP contribution in [0.5, 0.6) is 5.75 Å². The van der Waals surface area contributed by atoms with Crippen LogP contribution in [0, 0.1) is 5.82 Å². The smallest absolute Gasteiger partial charge is 0.257 e. The second-order valence-electron chi connectivity index (χ2n) is 4.69. The van der Waals surface area contributed by atoms with Crippen LogP contribution in [-0.2, 0) is 0 Å². The first kappa shape index (κ1) is 15.0. The van der Waals surface area contributed by atoms with E-state index in [4.69, 9.17) is 4.74 Å². The molecule has 0 aliphatic heterocycles. The maximum atomic E-state index is 13.7. The van der Waals surface area contributed by atoms with E-state index in [1.54, 1.807) is 14.2 Å². The molecule has 0 N–H and O–H groups in total. The van der Waals surface area contributed by atoms with Crippen LogP contribution in [-0.4, -0.2) is 29.9 Å². The Hall–Kier alpha value is -2.43. The lowest BCUT2D eigenvalue weighted by Crippen LogP contribution is -2.30. The number of halogens is 1. The Morgan fingerprint density at radius 1 is 1.33 bits per heavy atom. The molecule has 1 aromatic heterocycles. The molecule has 0 aliphatic rings. The second-order valence-corrected chi connectivity index (χ2v) is 4.69. The summed E-state index contributed by atoms with van der Waals surface area (Å²) < 4.78 is 19.0. The minimum Gasteiger partial charge on any atom is -0.496 e. The summed E-state index contributed by atoms with van der Waals surface area (Å²) in [6.45, 7) is 1.87. The molecule has 1 heterocycles. The van der Waals surface area contributed by atoms with Crippen LogP contribution >= 0.6 is 0 Å². The van der Waals surface area contributed by atoms with Gasteiger partial charge in [-0.2, -0.15) is 0 Å². The van der Waals surface area contributed by atoms with Crippen LogP contribution in [0.15, 0.2) is 42.7 Å². The highest BCUT2D eigenvalue weighted by Gasteiger charge is 2.23. The molecule has 0 aliphatic carbocycles. The van der Waals surface area contributed by atoms with Gasteiger partial charge in [0.2, 0.25) is 0 Å². The minimum absolute atomic E-state index is 0.00856. The van der Waals surface area contributed by atoms with Gasteiger partial charge in [0.15, 0.2) is 5.82 Å². The van der Waals surface area contributed by atoms with Crippen LogP contribution in [0.25, 0.3) is 0 Å². The third kappa shape index (κ3) is 3.02. The van der Waals surface area contributed by atoms with Crippen molar-refractivity contribution >= 4 is 5.91 Å². The standard InChI is InChI=1S/C16H17FN2O2/c1-11(12-6-4-5-7-15(12)21-3)19(2)16(20)13-8-9-18-10-14(13)17/h4-11H,1-3H3. The van der Waals surface area contributed by atoms with Gasteiger partial charge < -0.3 is 9.64 Å². The average molecular weight is 288 g/mol. The molecular formula is C16H17FN2O2. The fraction of sp³-hybridized carbons (Fsp3) is 0.250. The van der Waals surface area contributed by atoms with Crippen molar-refractivity contribution in [2.45, 2.75) is 13.0 Å². The number of para-hydroxylation sites is 1. The number of benzene rings is 1. The Labute approximate surface area is 123 Å². The van der Waals surface area contributed by atoms with E-state index >= 15 is 0 Å². The number of carbonyl (C=O) groups excluding carboxylic acids is 1. The number of pyridine rings is 1. The number of amides is 1. The van der Waals surface area contributed by atoms with Crippen LogP contribution in [0.1, 0.15) is 28.9 Å². The van der Waals surface area contributed by atoms with Crippen LogP contribution in [0.4, 0.5) is 4.39 Å². The van der Waals surface area contributed by atoms with Gasteiger partial charge in [-0.25, -0.2) is 4.39 Å². The summed E-state index contributed by atoms with van der Waals surface area (Å²) in [4.78, 5) is 17.5. The number of hydrogen-bond acceptors (Lipinski definition) is 3. The summed E-state index contributed by atoms with van der Waals surface area (Å²) in [5.74, 6) is -0.324. The van der Waals surface area contributed by atoms with E-state index in [1.807, 2.05) is 31.2 Å². The molecule has 0 fully saturated rings. The summed E-state index contributed by atoms with van der Waals surface area (Å²) in [6, 6.07) is 8.58. The predicted molar refractivity (Wildman–Crippen MR) is 77.7 cm³/mol. The molecule has 1 unspecified atom stereocenters. The Morgan fingerprint density at radius 3 is 2.71 bits per heavy atom. The molecule has 5 heteroatoms. The highest BCUT2D eigenvalue weighted by molar-refractivity contribution is 5.94. The average Bonchev–Trinajstić information content (AvgIpc) is 2.53. The van der Waals surface area contributed by atoms with E-state index < -0.39 is 11.7 Å². The van der Waals surface area contributed by atoms with Crippen molar-refractivity contribution in [1.82, 2.24) is 9.88 Å². The molecule has 0 saturated heterocycles. The molecule has 0 bridgehead atoms. The third-order valence-electron chi connectivity index (χ3n) is 3.49. The van der Waals surface area contributed by atoms with E-state index in [2.05, 4.69) is 4.98 Å². The molecule has 0 radical (unpaired) electrons. The normalized spacial score (nSPS) is 11.8. The largest absolute Gasteiger partial charge is 0.496 e. The zero-order valence-corrected chi connectivity index (χ0v) is 12.2. The SMILES string of the molecule is COc1ccccc1C(C)N(C)C(=O)c1ccncc1F. The van der Waals surface area contributed by atoms with E-state index in [0.717, 1.165) is 11.8 Å². The maximum Gasteiger partial charge on any atom is 0.257 e. The monoisotopic (exact) mass is 288 g/mol. The molecule has 1 atom stereocenters. The van der Waals surface area contributed by atoms with Gasteiger partial charge >= 0.3 is 0 Å². The van der Waals surface area contributed by atoms with Crippen LogP contribution in [0.2, 0.25) is 0 Å². The topological polar surface area (TPSA) is 42.4 Å². The number of carbonyl (C=O) groups is 1. The number of hydrogen-bond donors (Lipinski definition) is 0. The molecule has 0 spiro atoms. The quantitative estimate of drug-likeness (QED) is 0.868. The van der Waals surface area contributed by atoms with E-state index in [0.29, 0.717) is 5.75 Å². The second kappa shape index (κ2) is 6.35. The van der Waals surface area contributed by atoms with Gasteiger partial charge in [-0.3, -0.25) is 9.78 Å². The van der Waals surface area contributed by atoms with E-state index in [9.17, 15) is 9.18 Å². The molecule has 1 amide bonds. The van der Waals surface area contributed by atoms with Crippen LogP contribution in [0.3, 0.4) is 0 Å². The third-order valence-corrected chi connectivity index (χ3v) is 3.49. The van der Waals surface area contributed by atoms with Crippen molar-refractivity contribution < 1.29 is 13.9 Å². The Bertz CT molecular complexity index is 646. The first-order valence-electron chi connectivity index (χ1n) is 6.55. The number of aromatic nitrogens is 1. The van der Waals surface area contributed by atoms with Crippen molar-refractivity contribution in [3.63, 3.8) is 0 Å². The molecule has 4 nitrogen and oxygen atoms in total. The number of nitrogens with zero attached hydrogens (tertiary/aromatic N) is 2. The molecule has 21 heavy (non-hydrogen) atoms. The molecular weight excluding hydrogens is 271 g/mol. The number of ether oxygens (including phenoxy) is 1. The van der Waals surface area contributed by atoms with Gasteiger partial charge in [0.25, 0.3) is 5.91 Å². The van der Waals surface area contributed by atoms with Gasteiger partial charge in [-0.15, -0.1) is 0 Å². The highest BCUT2D eigenvalue weighted by Crippen LogP contribution is 2.29. The fourth-order valence-electron chi connectivity index (χ4n) is 2.13. The molecule has 2 rings (SSSR count). The molecule has 0 saturated carbocycles. The number of methoxy groups -OCH3 is 1. The highest BCUT2D eigenvalue weighted by atomic mass is 19.1. The Balaban J connectivity index is 2.29. The molecule has 110 valence electrons. The fourth-order valence-corrected chi connectivity index (χ4v) is 2.13. The summed E-state index contributed by atoms with van der Waals surface area (Å²) in [7, 11) is 3.22. The molecule has 1 aromatic carbocycles. The first-order valence-corrected chi connectivity index (χ1v) is 6.55. The van der Waals surface area contributed by atoms with E-state index in [-0.39, 0.29) is 11.6 Å². The summed E-state index contributed by atoms with van der Waals surface area (Å²) in [5, 5.41) is 0. The Morgan fingerprint density at radius 2 is 2.05 bits per heavy atom. The zero-order chi connectivity index (χ0) is 15.4. The first-order chi connectivity index (χ1) is 10.1. The van der Waals surface area contributed by atoms with Crippen LogP contribution < -0.4 is 4.74 Å². The van der Waals surface area contributed by atoms with Crippen molar-refractivity contribution in [3.05, 3.63) is 59.7 Å². The molecule has 2 aromatic rings. The zero-order valence-electron chi connectivity index (χ0n) is 12.2.